The van der Waals surface area contributed by atoms with Crippen molar-refractivity contribution in [2.24, 2.45) is 5.73 Å². The van der Waals surface area contributed by atoms with E-state index in [9.17, 15) is 0 Å². The smallest absolute Gasteiger partial charge is 0.0237 e. The Bertz CT molecular complexity index is 364. The van der Waals surface area contributed by atoms with Crippen LogP contribution in [0.3, 0.4) is 0 Å². The molecule has 3 nitrogen and oxygen atoms in total. The predicted octanol–water partition coefficient (Wildman–Crippen LogP) is 1.28. The van der Waals surface area contributed by atoms with Crippen LogP contribution in [0.4, 0.5) is 0 Å². The minimum Gasteiger partial charge on any atom is -0.326 e. The zero-order chi connectivity index (χ0) is 12.3. The van der Waals surface area contributed by atoms with E-state index in [-0.39, 0.29) is 0 Å². The van der Waals surface area contributed by atoms with Crippen LogP contribution in [0.25, 0.3) is 0 Å². The minimum atomic E-state index is 0.631. The van der Waals surface area contributed by atoms with Crippen LogP contribution >= 0.6 is 0 Å². The van der Waals surface area contributed by atoms with Crippen molar-refractivity contribution in [3.05, 3.63) is 35.4 Å². The van der Waals surface area contributed by atoms with Crippen LogP contribution in [0, 0.1) is 0 Å². The summed E-state index contributed by atoms with van der Waals surface area (Å²) in [6.07, 6.45) is 0. The van der Waals surface area contributed by atoms with Gasteiger partial charge in [0.1, 0.15) is 0 Å². The van der Waals surface area contributed by atoms with E-state index >= 15 is 0 Å². The second-order valence-electron chi connectivity index (χ2n) is 5.11. The topological polar surface area (TPSA) is 32.5 Å². The molecule has 94 valence electrons. The number of hydrogen-bond acceptors (Lipinski definition) is 3. The molecule has 2 N–H and O–H groups in total. The molecule has 0 saturated carbocycles. The van der Waals surface area contributed by atoms with Crippen LogP contribution in [0.1, 0.15) is 18.1 Å². The van der Waals surface area contributed by atoms with Crippen LogP contribution in [-0.4, -0.2) is 42.5 Å². The molecule has 2 rings (SSSR count). The maximum absolute atomic E-state index is 5.68. The van der Waals surface area contributed by atoms with Crippen LogP contribution in [0.15, 0.2) is 24.3 Å². The van der Waals surface area contributed by atoms with E-state index in [2.05, 4.69) is 48.0 Å². The third-order valence-electron chi connectivity index (χ3n) is 3.58. The normalized spacial score (nSPS) is 22.9. The van der Waals surface area contributed by atoms with Gasteiger partial charge < -0.3 is 10.6 Å². The molecule has 1 aromatic rings. The fraction of sp³-hybridized carbons (Fsp3) is 0.571. The van der Waals surface area contributed by atoms with Crippen molar-refractivity contribution >= 4 is 0 Å². The number of benzene rings is 1. The molecule has 1 aromatic carbocycles. The van der Waals surface area contributed by atoms with Gasteiger partial charge in [0.15, 0.2) is 0 Å². The Labute approximate surface area is 104 Å². The van der Waals surface area contributed by atoms with E-state index in [0.717, 1.165) is 19.6 Å². The summed E-state index contributed by atoms with van der Waals surface area (Å²) < 4.78 is 0. The lowest BCUT2D eigenvalue weighted by Gasteiger charge is -2.38. The highest BCUT2D eigenvalue weighted by molar-refractivity contribution is 5.23. The fourth-order valence-corrected chi connectivity index (χ4v) is 2.50. The average Bonchev–Trinajstić information content (AvgIpc) is 2.33. The number of nitrogens with zero attached hydrogens (tertiary/aromatic N) is 2. The molecule has 1 atom stereocenters. The number of nitrogens with two attached hydrogens (primary N) is 1. The summed E-state index contributed by atoms with van der Waals surface area (Å²) in [5.74, 6) is 0. The van der Waals surface area contributed by atoms with Gasteiger partial charge in [-0.05, 0) is 25.1 Å². The first-order valence-electron chi connectivity index (χ1n) is 6.39. The Morgan fingerprint density at radius 1 is 1.29 bits per heavy atom. The summed E-state index contributed by atoms with van der Waals surface area (Å²) in [6.45, 7) is 7.47. The lowest BCUT2D eigenvalue weighted by atomic mass is 10.1. The maximum Gasteiger partial charge on any atom is 0.0237 e. The number of piperazine rings is 1. The summed E-state index contributed by atoms with van der Waals surface area (Å²) >= 11 is 0. The molecular weight excluding hydrogens is 210 g/mol. The molecule has 1 saturated heterocycles. The standard InChI is InChI=1S/C14H23N3/c1-12-10-16(2)6-7-17(12)11-14-5-3-4-13(8-14)9-15/h3-5,8,12H,6-7,9-11,15H2,1-2H3. The highest BCUT2D eigenvalue weighted by Gasteiger charge is 2.21. The second kappa shape index (κ2) is 5.63. The van der Waals surface area contributed by atoms with Gasteiger partial charge in [0.05, 0.1) is 0 Å². The van der Waals surface area contributed by atoms with Gasteiger partial charge in [-0.1, -0.05) is 24.3 Å². The number of likely N-dealkylation sites (N-methyl/N-ethyl adjacent to an activating group) is 1. The van der Waals surface area contributed by atoms with Gasteiger partial charge in [0.2, 0.25) is 0 Å². The largest absolute Gasteiger partial charge is 0.326 e. The third-order valence-corrected chi connectivity index (χ3v) is 3.58. The van der Waals surface area contributed by atoms with Crippen LogP contribution < -0.4 is 5.73 Å². The number of hydrogen-bond donors (Lipinski definition) is 1. The molecule has 1 aliphatic heterocycles. The van der Waals surface area contributed by atoms with E-state index < -0.39 is 0 Å². The molecule has 0 bridgehead atoms. The van der Waals surface area contributed by atoms with Crippen molar-refractivity contribution in [3.63, 3.8) is 0 Å². The van der Waals surface area contributed by atoms with Gasteiger partial charge in [-0.15, -0.1) is 0 Å². The molecule has 3 heteroatoms. The van der Waals surface area contributed by atoms with Gasteiger partial charge in [-0.25, -0.2) is 0 Å². The maximum atomic E-state index is 5.68. The molecule has 0 aromatic heterocycles. The van der Waals surface area contributed by atoms with Gasteiger partial charge in [-0.3, -0.25) is 4.90 Å². The molecule has 0 radical (unpaired) electrons. The monoisotopic (exact) mass is 233 g/mol. The summed E-state index contributed by atoms with van der Waals surface area (Å²) in [7, 11) is 2.20. The van der Waals surface area contributed by atoms with E-state index in [1.165, 1.54) is 17.7 Å². The summed E-state index contributed by atoms with van der Waals surface area (Å²) in [6, 6.07) is 9.26. The van der Waals surface area contributed by atoms with Gasteiger partial charge in [-0.2, -0.15) is 0 Å². The fourth-order valence-electron chi connectivity index (χ4n) is 2.50. The molecule has 1 aliphatic rings. The second-order valence-corrected chi connectivity index (χ2v) is 5.11. The van der Waals surface area contributed by atoms with E-state index in [1.807, 2.05) is 0 Å². The molecule has 0 spiro atoms. The quantitative estimate of drug-likeness (QED) is 0.853. The molecule has 1 unspecified atom stereocenters. The van der Waals surface area contributed by atoms with Crippen LogP contribution in [0.2, 0.25) is 0 Å². The lowest BCUT2D eigenvalue weighted by molar-refractivity contribution is 0.0938. The summed E-state index contributed by atoms with van der Waals surface area (Å²) in [4.78, 5) is 4.95. The molecule has 17 heavy (non-hydrogen) atoms. The molecule has 0 aliphatic carbocycles. The highest BCUT2D eigenvalue weighted by Crippen LogP contribution is 2.14. The Hall–Kier alpha value is -0.900. The highest BCUT2D eigenvalue weighted by atomic mass is 15.3. The van der Waals surface area contributed by atoms with Gasteiger partial charge in [0.25, 0.3) is 0 Å². The summed E-state index contributed by atoms with van der Waals surface area (Å²) in [5, 5.41) is 0. The number of rotatable bonds is 3. The SMILES string of the molecule is CC1CN(C)CCN1Cc1cccc(CN)c1. The van der Waals surface area contributed by atoms with Crippen molar-refractivity contribution in [1.82, 2.24) is 9.80 Å². The third kappa shape index (κ3) is 3.28. The van der Waals surface area contributed by atoms with Gasteiger partial charge >= 0.3 is 0 Å². The summed E-state index contributed by atoms with van der Waals surface area (Å²) in [5.41, 5.74) is 8.28. The van der Waals surface area contributed by atoms with E-state index in [1.54, 1.807) is 0 Å². The van der Waals surface area contributed by atoms with Gasteiger partial charge in [0, 0.05) is 38.8 Å². The lowest BCUT2D eigenvalue weighted by Crippen LogP contribution is -2.49. The predicted molar refractivity (Wildman–Crippen MR) is 71.7 cm³/mol. The van der Waals surface area contributed by atoms with Crippen LogP contribution in [-0.2, 0) is 13.1 Å². The first kappa shape index (κ1) is 12.6. The zero-order valence-electron chi connectivity index (χ0n) is 10.9. The van der Waals surface area contributed by atoms with E-state index in [0.29, 0.717) is 12.6 Å². The Morgan fingerprint density at radius 3 is 2.76 bits per heavy atom. The van der Waals surface area contributed by atoms with E-state index in [4.69, 9.17) is 5.73 Å². The molecular formula is C14H23N3. The first-order chi connectivity index (χ1) is 8.19. The van der Waals surface area contributed by atoms with Crippen molar-refractivity contribution in [2.45, 2.75) is 26.1 Å². The molecule has 0 amide bonds. The zero-order valence-corrected chi connectivity index (χ0v) is 10.9. The Kier molecular flexibility index (Phi) is 4.15. The average molecular weight is 233 g/mol. The minimum absolute atomic E-state index is 0.631. The van der Waals surface area contributed by atoms with Crippen molar-refractivity contribution in [3.8, 4) is 0 Å². The van der Waals surface area contributed by atoms with Crippen molar-refractivity contribution in [2.75, 3.05) is 26.7 Å². The molecule has 1 heterocycles. The molecule has 1 fully saturated rings. The van der Waals surface area contributed by atoms with Crippen molar-refractivity contribution in [1.29, 1.82) is 0 Å². The Morgan fingerprint density at radius 2 is 2.06 bits per heavy atom. The van der Waals surface area contributed by atoms with Crippen molar-refractivity contribution < 1.29 is 0 Å². The Balaban J connectivity index is 2.00. The van der Waals surface area contributed by atoms with Crippen LogP contribution in [0.5, 0.6) is 0 Å². The first-order valence-corrected chi connectivity index (χ1v) is 6.39.